The van der Waals surface area contributed by atoms with Crippen molar-refractivity contribution in [2.45, 2.75) is 40.0 Å². The topological polar surface area (TPSA) is 61.4 Å². The van der Waals surface area contributed by atoms with E-state index in [1.807, 2.05) is 24.3 Å². The first-order valence-electron chi connectivity index (χ1n) is 10.0. The zero-order valence-corrected chi connectivity index (χ0v) is 17.9. The third kappa shape index (κ3) is 4.07. The monoisotopic (exact) mass is 399 g/mol. The van der Waals surface area contributed by atoms with Crippen LogP contribution in [0.1, 0.15) is 58.3 Å². The van der Waals surface area contributed by atoms with E-state index < -0.39 is 0 Å². The van der Waals surface area contributed by atoms with Crippen LogP contribution in [0.15, 0.2) is 24.3 Å². The van der Waals surface area contributed by atoms with Crippen LogP contribution in [-0.4, -0.2) is 32.0 Å². The van der Waals surface area contributed by atoms with Gasteiger partial charge in [0, 0.05) is 36.3 Å². The van der Waals surface area contributed by atoms with Gasteiger partial charge in [-0.05, 0) is 68.9 Å². The van der Waals surface area contributed by atoms with Crippen LogP contribution in [0.25, 0.3) is 0 Å². The van der Waals surface area contributed by atoms with Gasteiger partial charge in [0.25, 0.3) is 11.8 Å². The van der Waals surface area contributed by atoms with E-state index in [-0.39, 0.29) is 11.8 Å². The summed E-state index contributed by atoms with van der Waals surface area (Å²) in [5, 5.41) is 6.38. The number of fused-ring (bicyclic) bond motifs is 1. The van der Waals surface area contributed by atoms with Crippen LogP contribution < -0.4 is 15.5 Å². The summed E-state index contributed by atoms with van der Waals surface area (Å²) in [6.07, 6.45) is 2.94. The zero-order valence-electron chi connectivity index (χ0n) is 17.1. The second kappa shape index (κ2) is 8.78. The molecule has 1 unspecified atom stereocenters. The summed E-state index contributed by atoms with van der Waals surface area (Å²) in [6, 6.07) is 7.64. The fraction of sp³-hybridized carbons (Fsp3) is 0.455. The molecule has 5 nitrogen and oxygen atoms in total. The van der Waals surface area contributed by atoms with Gasteiger partial charge in [0.05, 0.1) is 5.56 Å². The van der Waals surface area contributed by atoms with Crippen molar-refractivity contribution in [3.63, 3.8) is 0 Å². The smallest absolute Gasteiger partial charge is 0.256 e. The van der Waals surface area contributed by atoms with Crippen molar-refractivity contribution in [2.75, 3.05) is 30.4 Å². The summed E-state index contributed by atoms with van der Waals surface area (Å²) in [4.78, 5) is 28.8. The lowest BCUT2D eigenvalue weighted by Crippen LogP contribution is -2.23. The Bertz CT molecular complexity index is 853. The summed E-state index contributed by atoms with van der Waals surface area (Å²) in [7, 11) is 1.63. The number of anilines is 2. The number of carbonyl (C=O) groups is 2. The second-order valence-electron chi connectivity index (χ2n) is 7.31. The minimum Gasteiger partial charge on any atom is -0.372 e. The maximum atomic E-state index is 12.8. The van der Waals surface area contributed by atoms with Gasteiger partial charge in [-0.25, -0.2) is 0 Å². The summed E-state index contributed by atoms with van der Waals surface area (Å²) >= 11 is 1.55. The molecule has 0 aliphatic heterocycles. The number of amides is 2. The van der Waals surface area contributed by atoms with E-state index in [0.717, 1.165) is 43.6 Å². The Balaban J connectivity index is 1.85. The molecule has 0 radical (unpaired) electrons. The number of nitrogens with one attached hydrogen (secondary N) is 2. The van der Waals surface area contributed by atoms with Crippen molar-refractivity contribution in [2.24, 2.45) is 5.92 Å². The maximum Gasteiger partial charge on any atom is 0.256 e. The normalized spacial score (nSPS) is 15.6. The number of thiophene rings is 1. The van der Waals surface area contributed by atoms with Gasteiger partial charge in [-0.1, -0.05) is 6.92 Å². The molecule has 6 heteroatoms. The summed E-state index contributed by atoms with van der Waals surface area (Å²) in [5.41, 5.74) is 3.45. The quantitative estimate of drug-likeness (QED) is 0.760. The minimum absolute atomic E-state index is 0.126. The number of nitrogens with zero attached hydrogens (tertiary/aromatic N) is 1. The molecule has 0 saturated carbocycles. The van der Waals surface area contributed by atoms with Crippen molar-refractivity contribution < 1.29 is 9.59 Å². The molecule has 0 fully saturated rings. The van der Waals surface area contributed by atoms with Crippen LogP contribution in [0.3, 0.4) is 0 Å². The fourth-order valence-electron chi connectivity index (χ4n) is 3.79. The molecule has 2 amide bonds. The Hall–Kier alpha value is -2.34. The van der Waals surface area contributed by atoms with Crippen LogP contribution in [-0.2, 0) is 12.8 Å². The highest BCUT2D eigenvalue weighted by molar-refractivity contribution is 7.17. The first-order chi connectivity index (χ1) is 13.5. The lowest BCUT2D eigenvalue weighted by atomic mass is 9.88. The lowest BCUT2D eigenvalue weighted by molar-refractivity contribution is 0.0963. The predicted molar refractivity (Wildman–Crippen MR) is 117 cm³/mol. The number of hydrogen-bond donors (Lipinski definition) is 2. The van der Waals surface area contributed by atoms with Crippen molar-refractivity contribution in [1.82, 2.24) is 5.32 Å². The van der Waals surface area contributed by atoms with Gasteiger partial charge in [0.1, 0.15) is 5.00 Å². The van der Waals surface area contributed by atoms with Crippen molar-refractivity contribution in [1.29, 1.82) is 0 Å². The Morgan fingerprint density at radius 1 is 1.14 bits per heavy atom. The molecule has 0 saturated heterocycles. The van der Waals surface area contributed by atoms with Gasteiger partial charge in [0.2, 0.25) is 0 Å². The van der Waals surface area contributed by atoms with E-state index in [9.17, 15) is 9.59 Å². The molecule has 2 aromatic rings. The van der Waals surface area contributed by atoms with Crippen molar-refractivity contribution in [3.05, 3.63) is 45.8 Å². The summed E-state index contributed by atoms with van der Waals surface area (Å²) in [6.45, 7) is 8.32. The third-order valence-corrected chi connectivity index (χ3v) is 6.62. The van der Waals surface area contributed by atoms with Crippen LogP contribution in [0.2, 0.25) is 0 Å². The van der Waals surface area contributed by atoms with E-state index in [1.165, 1.54) is 4.88 Å². The molecule has 2 N–H and O–H groups in total. The highest BCUT2D eigenvalue weighted by Gasteiger charge is 2.28. The van der Waals surface area contributed by atoms with E-state index >= 15 is 0 Å². The van der Waals surface area contributed by atoms with Gasteiger partial charge in [0.15, 0.2) is 0 Å². The first kappa shape index (κ1) is 20.4. The molecular weight excluding hydrogens is 370 g/mol. The lowest BCUT2D eigenvalue weighted by Gasteiger charge is -2.21. The van der Waals surface area contributed by atoms with E-state index in [4.69, 9.17) is 0 Å². The van der Waals surface area contributed by atoms with Crippen LogP contribution in [0.4, 0.5) is 10.7 Å². The van der Waals surface area contributed by atoms with E-state index in [1.54, 1.807) is 18.4 Å². The largest absolute Gasteiger partial charge is 0.372 e. The average molecular weight is 400 g/mol. The number of carbonyl (C=O) groups excluding carboxylic acids is 2. The Morgan fingerprint density at radius 3 is 2.43 bits per heavy atom. The van der Waals surface area contributed by atoms with Crippen LogP contribution >= 0.6 is 11.3 Å². The predicted octanol–water partition coefficient (Wildman–Crippen LogP) is 4.33. The molecule has 28 heavy (non-hydrogen) atoms. The molecule has 150 valence electrons. The van der Waals surface area contributed by atoms with Gasteiger partial charge in [-0.3, -0.25) is 9.59 Å². The molecule has 0 bridgehead atoms. The van der Waals surface area contributed by atoms with Gasteiger partial charge < -0.3 is 15.5 Å². The standard InChI is InChI=1S/C22H29N3O2S/c1-5-25(6-2)16-10-8-15(9-11-16)20(26)24-22-19(21(27)23-4)17-12-7-14(3)13-18(17)28-22/h8-11,14H,5-7,12-13H2,1-4H3,(H,23,27)(H,24,26). The van der Waals surface area contributed by atoms with E-state index in [2.05, 4.69) is 36.3 Å². The summed E-state index contributed by atoms with van der Waals surface area (Å²) in [5.74, 6) is 0.307. The van der Waals surface area contributed by atoms with Gasteiger partial charge in [-0.15, -0.1) is 11.3 Å². The van der Waals surface area contributed by atoms with E-state index in [0.29, 0.717) is 22.0 Å². The first-order valence-corrected chi connectivity index (χ1v) is 10.8. The molecule has 3 rings (SSSR count). The molecule has 1 aliphatic carbocycles. The number of rotatable bonds is 6. The Kier molecular flexibility index (Phi) is 6.39. The second-order valence-corrected chi connectivity index (χ2v) is 8.41. The molecule has 0 spiro atoms. The third-order valence-electron chi connectivity index (χ3n) is 5.45. The maximum absolute atomic E-state index is 12.8. The Labute approximate surface area is 171 Å². The van der Waals surface area contributed by atoms with Gasteiger partial charge in [-0.2, -0.15) is 0 Å². The van der Waals surface area contributed by atoms with Gasteiger partial charge >= 0.3 is 0 Å². The minimum atomic E-state index is -0.178. The summed E-state index contributed by atoms with van der Waals surface area (Å²) < 4.78 is 0. The fourth-order valence-corrected chi connectivity index (χ4v) is 5.19. The molecule has 1 aromatic carbocycles. The van der Waals surface area contributed by atoms with Crippen LogP contribution in [0.5, 0.6) is 0 Å². The van der Waals surface area contributed by atoms with Crippen molar-refractivity contribution >= 4 is 33.8 Å². The molecule has 1 aromatic heterocycles. The average Bonchev–Trinajstić information content (AvgIpc) is 3.05. The van der Waals surface area contributed by atoms with Crippen LogP contribution in [0, 0.1) is 5.92 Å². The SMILES string of the molecule is CCN(CC)c1ccc(C(=O)Nc2sc3c(c2C(=O)NC)CCC(C)C3)cc1. The molecule has 1 aliphatic rings. The molecule has 1 heterocycles. The Morgan fingerprint density at radius 2 is 1.82 bits per heavy atom. The number of hydrogen-bond acceptors (Lipinski definition) is 4. The highest BCUT2D eigenvalue weighted by Crippen LogP contribution is 2.39. The molecule has 1 atom stereocenters. The zero-order chi connectivity index (χ0) is 20.3. The number of benzene rings is 1. The molecular formula is C22H29N3O2S. The highest BCUT2D eigenvalue weighted by atomic mass is 32.1. The van der Waals surface area contributed by atoms with Crippen molar-refractivity contribution in [3.8, 4) is 0 Å².